The van der Waals surface area contributed by atoms with Gasteiger partial charge in [0.15, 0.2) is 0 Å². The molecule has 74 valence electrons. The first kappa shape index (κ1) is 11.2. The van der Waals surface area contributed by atoms with Crippen molar-refractivity contribution in [1.82, 2.24) is 0 Å². The molecule has 2 radical (unpaired) electrons. The number of rotatable bonds is 5. The van der Waals surface area contributed by atoms with Crippen LogP contribution in [-0.2, 0) is 0 Å². The van der Waals surface area contributed by atoms with Crippen LogP contribution in [0, 0.1) is 0 Å². The van der Waals surface area contributed by atoms with E-state index in [1.807, 2.05) is 12.1 Å². The molecule has 0 unspecified atom stereocenters. The molecule has 0 spiro atoms. The summed E-state index contributed by atoms with van der Waals surface area (Å²) in [6.07, 6.45) is 2.37. The molecule has 0 aromatic heterocycles. The van der Waals surface area contributed by atoms with E-state index in [1.54, 1.807) is 0 Å². The predicted molar refractivity (Wildman–Crippen MR) is 64.6 cm³/mol. The number of anilines is 1. The molecular formula is C12H18BN. The van der Waals surface area contributed by atoms with Crippen LogP contribution < -0.4 is 10.4 Å². The molecule has 0 heterocycles. The Balaban J connectivity index is 2.71. The average molecular weight is 187 g/mol. The van der Waals surface area contributed by atoms with Crippen molar-refractivity contribution in [3.8, 4) is 0 Å². The van der Waals surface area contributed by atoms with Gasteiger partial charge in [-0.1, -0.05) is 31.4 Å². The van der Waals surface area contributed by atoms with E-state index in [1.165, 1.54) is 18.5 Å². The maximum Gasteiger partial charge on any atom is 0.113 e. The van der Waals surface area contributed by atoms with Gasteiger partial charge in [0.25, 0.3) is 0 Å². The highest BCUT2D eigenvalue weighted by atomic mass is 15.1. The van der Waals surface area contributed by atoms with Gasteiger partial charge in [0.1, 0.15) is 7.85 Å². The van der Waals surface area contributed by atoms with Crippen LogP contribution in [0.5, 0.6) is 0 Å². The SMILES string of the molecule is [B]c1ccc(N(CCC)CCC)cc1. The van der Waals surface area contributed by atoms with Crippen molar-refractivity contribution in [2.24, 2.45) is 0 Å². The maximum absolute atomic E-state index is 5.66. The van der Waals surface area contributed by atoms with Gasteiger partial charge < -0.3 is 4.90 Å². The van der Waals surface area contributed by atoms with E-state index in [9.17, 15) is 0 Å². The van der Waals surface area contributed by atoms with Crippen molar-refractivity contribution < 1.29 is 0 Å². The summed E-state index contributed by atoms with van der Waals surface area (Å²) in [4.78, 5) is 2.40. The first-order chi connectivity index (χ1) is 6.77. The summed E-state index contributed by atoms with van der Waals surface area (Å²) in [5.74, 6) is 0. The van der Waals surface area contributed by atoms with Crippen LogP contribution in [0.15, 0.2) is 24.3 Å². The third kappa shape index (κ3) is 3.10. The van der Waals surface area contributed by atoms with E-state index < -0.39 is 0 Å². The van der Waals surface area contributed by atoms with Crippen LogP contribution in [0.3, 0.4) is 0 Å². The Bertz CT molecular complexity index is 250. The summed E-state index contributed by atoms with van der Waals surface area (Å²) in [5, 5.41) is 0. The second kappa shape index (κ2) is 5.74. The summed E-state index contributed by atoms with van der Waals surface area (Å²) in [6, 6.07) is 8.13. The summed E-state index contributed by atoms with van der Waals surface area (Å²) in [6.45, 7) is 6.66. The van der Waals surface area contributed by atoms with E-state index in [2.05, 4.69) is 30.9 Å². The Labute approximate surface area is 88.5 Å². The molecule has 0 aliphatic heterocycles. The van der Waals surface area contributed by atoms with Crippen molar-refractivity contribution in [3.63, 3.8) is 0 Å². The molecule has 0 aliphatic rings. The molecule has 0 saturated heterocycles. The Hall–Kier alpha value is -0.915. The number of benzene rings is 1. The quantitative estimate of drug-likeness (QED) is 0.638. The third-order valence-corrected chi connectivity index (χ3v) is 2.25. The van der Waals surface area contributed by atoms with Gasteiger partial charge in [0.05, 0.1) is 0 Å². The average Bonchev–Trinajstić information content (AvgIpc) is 2.19. The van der Waals surface area contributed by atoms with E-state index in [0.29, 0.717) is 0 Å². The molecule has 0 atom stereocenters. The highest BCUT2D eigenvalue weighted by Gasteiger charge is 2.02. The van der Waals surface area contributed by atoms with Gasteiger partial charge in [-0.2, -0.15) is 0 Å². The van der Waals surface area contributed by atoms with Crippen molar-refractivity contribution >= 4 is 19.0 Å². The summed E-state index contributed by atoms with van der Waals surface area (Å²) < 4.78 is 0. The van der Waals surface area contributed by atoms with Gasteiger partial charge in [0, 0.05) is 18.8 Å². The molecular weight excluding hydrogens is 169 g/mol. The maximum atomic E-state index is 5.66. The molecule has 2 heteroatoms. The molecule has 1 nitrogen and oxygen atoms in total. The van der Waals surface area contributed by atoms with Gasteiger partial charge in [-0.05, 0) is 25.0 Å². The highest BCUT2D eigenvalue weighted by molar-refractivity contribution is 6.32. The van der Waals surface area contributed by atoms with Gasteiger partial charge in [-0.25, -0.2) is 0 Å². The van der Waals surface area contributed by atoms with E-state index in [-0.39, 0.29) is 0 Å². The fourth-order valence-corrected chi connectivity index (χ4v) is 1.59. The fourth-order valence-electron chi connectivity index (χ4n) is 1.59. The standard InChI is InChI=1S/C12H18BN/c1-3-9-14(10-4-2)12-7-5-11(13)6-8-12/h5-8H,3-4,9-10H2,1-2H3. The van der Waals surface area contributed by atoms with Gasteiger partial charge in [-0.15, -0.1) is 0 Å². The molecule has 1 aromatic carbocycles. The largest absolute Gasteiger partial charge is 0.372 e. The first-order valence-electron chi connectivity index (χ1n) is 5.38. The lowest BCUT2D eigenvalue weighted by molar-refractivity contribution is 0.745. The minimum absolute atomic E-state index is 0.835. The molecule has 0 N–H and O–H groups in total. The zero-order valence-corrected chi connectivity index (χ0v) is 9.16. The van der Waals surface area contributed by atoms with Crippen LogP contribution >= 0.6 is 0 Å². The second-order valence-electron chi connectivity index (χ2n) is 3.58. The van der Waals surface area contributed by atoms with Crippen LogP contribution in [0.2, 0.25) is 0 Å². The van der Waals surface area contributed by atoms with E-state index in [4.69, 9.17) is 7.85 Å². The molecule has 1 aromatic rings. The first-order valence-corrected chi connectivity index (χ1v) is 5.38. The lowest BCUT2D eigenvalue weighted by atomic mass is 9.96. The zero-order chi connectivity index (χ0) is 10.4. The Morgan fingerprint density at radius 3 is 1.93 bits per heavy atom. The van der Waals surface area contributed by atoms with E-state index in [0.717, 1.165) is 18.6 Å². The zero-order valence-electron chi connectivity index (χ0n) is 9.16. The summed E-state index contributed by atoms with van der Waals surface area (Å²) >= 11 is 0. The van der Waals surface area contributed by atoms with Crippen molar-refractivity contribution in [3.05, 3.63) is 24.3 Å². The predicted octanol–water partition coefficient (Wildman–Crippen LogP) is 2.11. The van der Waals surface area contributed by atoms with Crippen LogP contribution in [0.25, 0.3) is 0 Å². The molecule has 0 bridgehead atoms. The number of hydrogen-bond acceptors (Lipinski definition) is 1. The Morgan fingerprint density at radius 1 is 1.00 bits per heavy atom. The Kier molecular flexibility index (Phi) is 4.58. The smallest absolute Gasteiger partial charge is 0.113 e. The van der Waals surface area contributed by atoms with Crippen LogP contribution in [0.4, 0.5) is 5.69 Å². The highest BCUT2D eigenvalue weighted by Crippen LogP contribution is 2.12. The fraction of sp³-hybridized carbons (Fsp3) is 0.500. The van der Waals surface area contributed by atoms with Gasteiger partial charge in [0.2, 0.25) is 0 Å². The molecule has 0 amide bonds. The summed E-state index contributed by atoms with van der Waals surface area (Å²) in [5.41, 5.74) is 2.12. The second-order valence-corrected chi connectivity index (χ2v) is 3.58. The number of hydrogen-bond donors (Lipinski definition) is 0. The van der Waals surface area contributed by atoms with Crippen molar-refractivity contribution in [1.29, 1.82) is 0 Å². The van der Waals surface area contributed by atoms with Crippen molar-refractivity contribution in [2.75, 3.05) is 18.0 Å². The molecule has 0 fully saturated rings. The van der Waals surface area contributed by atoms with Crippen molar-refractivity contribution in [2.45, 2.75) is 26.7 Å². The lowest BCUT2D eigenvalue weighted by Crippen LogP contribution is -2.25. The lowest BCUT2D eigenvalue weighted by Gasteiger charge is -2.23. The Morgan fingerprint density at radius 2 is 1.50 bits per heavy atom. The van der Waals surface area contributed by atoms with Crippen LogP contribution in [0.1, 0.15) is 26.7 Å². The molecule has 0 saturated carbocycles. The molecule has 0 aliphatic carbocycles. The molecule has 1 rings (SSSR count). The van der Waals surface area contributed by atoms with Gasteiger partial charge >= 0.3 is 0 Å². The minimum Gasteiger partial charge on any atom is -0.372 e. The van der Waals surface area contributed by atoms with E-state index >= 15 is 0 Å². The summed E-state index contributed by atoms with van der Waals surface area (Å²) in [7, 11) is 5.66. The number of nitrogens with zero attached hydrogens (tertiary/aromatic N) is 1. The minimum atomic E-state index is 0.835. The van der Waals surface area contributed by atoms with Gasteiger partial charge in [-0.3, -0.25) is 0 Å². The molecule has 14 heavy (non-hydrogen) atoms. The third-order valence-electron chi connectivity index (χ3n) is 2.25. The van der Waals surface area contributed by atoms with Crippen LogP contribution in [-0.4, -0.2) is 20.9 Å². The monoisotopic (exact) mass is 187 g/mol. The topological polar surface area (TPSA) is 3.24 Å². The normalized spacial score (nSPS) is 10.1.